The monoisotopic (exact) mass is 294 g/mol. The minimum Gasteiger partial charge on any atom is -0.480 e. The van der Waals surface area contributed by atoms with Gasteiger partial charge < -0.3 is 14.9 Å². The second-order valence-corrected chi connectivity index (χ2v) is 6.41. The number of nitrogens with zero attached hydrogens (tertiary/aromatic N) is 2. The summed E-state index contributed by atoms with van der Waals surface area (Å²) < 4.78 is 0. The van der Waals surface area contributed by atoms with E-state index in [1.54, 1.807) is 0 Å². The summed E-state index contributed by atoms with van der Waals surface area (Å²) in [5.74, 6) is -1.36. The normalized spacial score (nSPS) is 30.4. The number of amides is 2. The van der Waals surface area contributed by atoms with Gasteiger partial charge in [-0.05, 0) is 25.7 Å². The van der Waals surface area contributed by atoms with Crippen molar-refractivity contribution in [2.24, 2.45) is 5.92 Å². The number of carboxylic acid groups (broad SMARTS) is 1. The summed E-state index contributed by atoms with van der Waals surface area (Å²) in [6.07, 6.45) is 5.88. The minimum atomic E-state index is -0.933. The van der Waals surface area contributed by atoms with Gasteiger partial charge in [-0.2, -0.15) is 0 Å². The maximum Gasteiger partial charge on any atom is 0.326 e. The van der Waals surface area contributed by atoms with E-state index in [1.807, 2.05) is 4.90 Å². The Morgan fingerprint density at radius 2 is 1.81 bits per heavy atom. The molecule has 0 aromatic carbocycles. The van der Waals surface area contributed by atoms with E-state index in [0.29, 0.717) is 25.6 Å². The first-order chi connectivity index (χ1) is 10.1. The largest absolute Gasteiger partial charge is 0.480 e. The summed E-state index contributed by atoms with van der Waals surface area (Å²) in [6, 6.07) is -0.405. The second-order valence-electron chi connectivity index (χ2n) is 6.41. The lowest BCUT2D eigenvalue weighted by molar-refractivity contribution is -0.149. The smallest absolute Gasteiger partial charge is 0.326 e. The third-order valence-electron chi connectivity index (χ3n) is 5.09. The number of hydrogen-bond donors (Lipinski definition) is 1. The van der Waals surface area contributed by atoms with E-state index < -0.39 is 12.0 Å². The summed E-state index contributed by atoms with van der Waals surface area (Å²) in [4.78, 5) is 39.2. The molecule has 2 saturated heterocycles. The van der Waals surface area contributed by atoms with Crippen molar-refractivity contribution in [3.63, 3.8) is 0 Å². The Kier molecular flexibility index (Phi) is 3.87. The van der Waals surface area contributed by atoms with Gasteiger partial charge in [-0.15, -0.1) is 0 Å². The molecule has 3 aliphatic rings. The predicted octanol–water partition coefficient (Wildman–Crippen LogP) is 0.853. The molecule has 2 amide bonds. The number of hydrogen-bond acceptors (Lipinski definition) is 3. The molecule has 21 heavy (non-hydrogen) atoms. The van der Waals surface area contributed by atoms with Crippen LogP contribution in [0.25, 0.3) is 0 Å². The highest BCUT2D eigenvalue weighted by molar-refractivity contribution is 5.91. The fourth-order valence-corrected chi connectivity index (χ4v) is 3.99. The van der Waals surface area contributed by atoms with Crippen LogP contribution in [0.3, 0.4) is 0 Å². The van der Waals surface area contributed by atoms with Crippen molar-refractivity contribution in [1.82, 2.24) is 9.80 Å². The summed E-state index contributed by atoms with van der Waals surface area (Å²) in [5.41, 5.74) is 0. The van der Waals surface area contributed by atoms with Crippen molar-refractivity contribution in [2.75, 3.05) is 13.1 Å². The second kappa shape index (κ2) is 5.66. The molecule has 2 unspecified atom stereocenters. The highest BCUT2D eigenvalue weighted by Crippen LogP contribution is 2.31. The van der Waals surface area contributed by atoms with Crippen molar-refractivity contribution in [3.05, 3.63) is 0 Å². The van der Waals surface area contributed by atoms with Crippen LogP contribution in [-0.4, -0.2) is 57.9 Å². The molecule has 3 rings (SSSR count). The number of likely N-dealkylation sites (tertiary alicyclic amines) is 2. The Morgan fingerprint density at radius 1 is 1.10 bits per heavy atom. The summed E-state index contributed by atoms with van der Waals surface area (Å²) in [5, 5.41) is 9.18. The molecule has 0 bridgehead atoms. The Morgan fingerprint density at radius 3 is 2.48 bits per heavy atom. The molecular formula is C15H22N2O4. The quantitative estimate of drug-likeness (QED) is 0.837. The molecule has 116 valence electrons. The van der Waals surface area contributed by atoms with Crippen molar-refractivity contribution in [3.8, 4) is 0 Å². The van der Waals surface area contributed by atoms with Gasteiger partial charge in [0.1, 0.15) is 6.04 Å². The van der Waals surface area contributed by atoms with Crippen LogP contribution in [0.5, 0.6) is 0 Å². The Bertz CT molecular complexity index is 459. The molecule has 3 fully saturated rings. The fourth-order valence-electron chi connectivity index (χ4n) is 3.99. The molecule has 1 saturated carbocycles. The van der Waals surface area contributed by atoms with E-state index in [1.165, 1.54) is 4.90 Å². The maximum atomic E-state index is 12.6. The number of carboxylic acids is 1. The third-order valence-corrected chi connectivity index (χ3v) is 5.09. The minimum absolute atomic E-state index is 0.0614. The molecule has 6 nitrogen and oxygen atoms in total. The summed E-state index contributed by atoms with van der Waals surface area (Å²) >= 11 is 0. The average molecular weight is 294 g/mol. The summed E-state index contributed by atoms with van der Waals surface area (Å²) in [7, 11) is 0. The van der Waals surface area contributed by atoms with E-state index in [4.69, 9.17) is 0 Å². The molecule has 2 heterocycles. The lowest BCUT2D eigenvalue weighted by Crippen LogP contribution is -2.44. The molecule has 0 aromatic rings. The highest BCUT2D eigenvalue weighted by Gasteiger charge is 2.43. The number of rotatable bonds is 3. The SMILES string of the molecule is O=C(O)C1CCCN1C(=O)C1CC(=O)N(C2CCCC2)C1. The molecule has 6 heteroatoms. The molecule has 0 radical (unpaired) electrons. The molecule has 1 N–H and O–H groups in total. The van der Waals surface area contributed by atoms with Crippen LogP contribution in [0.1, 0.15) is 44.9 Å². The van der Waals surface area contributed by atoms with E-state index in [0.717, 1.165) is 32.1 Å². The van der Waals surface area contributed by atoms with Gasteiger partial charge >= 0.3 is 5.97 Å². The van der Waals surface area contributed by atoms with Gasteiger partial charge in [0.25, 0.3) is 0 Å². The number of aliphatic carboxylic acids is 1. The Labute approximate surface area is 124 Å². The highest BCUT2D eigenvalue weighted by atomic mass is 16.4. The predicted molar refractivity (Wildman–Crippen MR) is 74.4 cm³/mol. The van der Waals surface area contributed by atoms with Crippen LogP contribution in [0.15, 0.2) is 0 Å². The lowest BCUT2D eigenvalue weighted by atomic mass is 10.1. The fraction of sp³-hybridized carbons (Fsp3) is 0.800. The molecular weight excluding hydrogens is 272 g/mol. The molecule has 0 spiro atoms. The standard InChI is InChI=1S/C15H22N2O4/c18-13-8-10(9-17(13)11-4-1-2-5-11)14(19)16-7-3-6-12(16)15(20)21/h10-12H,1-9H2,(H,20,21). The molecule has 1 aliphatic carbocycles. The van der Waals surface area contributed by atoms with Crippen LogP contribution in [-0.2, 0) is 14.4 Å². The molecule has 0 aromatic heterocycles. The van der Waals surface area contributed by atoms with Crippen LogP contribution in [0.2, 0.25) is 0 Å². The van der Waals surface area contributed by atoms with E-state index >= 15 is 0 Å². The zero-order valence-corrected chi connectivity index (χ0v) is 12.2. The van der Waals surface area contributed by atoms with Crippen molar-refractivity contribution in [1.29, 1.82) is 0 Å². The topological polar surface area (TPSA) is 77.9 Å². The van der Waals surface area contributed by atoms with Crippen LogP contribution in [0.4, 0.5) is 0 Å². The Balaban J connectivity index is 1.66. The van der Waals surface area contributed by atoms with Gasteiger partial charge in [0.2, 0.25) is 11.8 Å². The first-order valence-corrected chi connectivity index (χ1v) is 7.90. The van der Waals surface area contributed by atoms with Crippen molar-refractivity contribution in [2.45, 2.75) is 57.0 Å². The summed E-state index contributed by atoms with van der Waals surface area (Å²) in [6.45, 7) is 0.981. The zero-order chi connectivity index (χ0) is 15.0. The van der Waals surface area contributed by atoms with Gasteiger partial charge in [-0.25, -0.2) is 4.79 Å². The van der Waals surface area contributed by atoms with E-state index in [9.17, 15) is 19.5 Å². The van der Waals surface area contributed by atoms with E-state index in [-0.39, 0.29) is 24.2 Å². The third kappa shape index (κ3) is 2.63. The number of carbonyl (C=O) groups excluding carboxylic acids is 2. The van der Waals surface area contributed by atoms with Crippen molar-refractivity contribution < 1.29 is 19.5 Å². The van der Waals surface area contributed by atoms with Crippen molar-refractivity contribution >= 4 is 17.8 Å². The van der Waals surface area contributed by atoms with Gasteiger partial charge in [0, 0.05) is 25.6 Å². The first kappa shape index (κ1) is 14.4. The molecule has 2 atom stereocenters. The van der Waals surface area contributed by atoms with Gasteiger partial charge in [0.15, 0.2) is 0 Å². The zero-order valence-electron chi connectivity index (χ0n) is 12.2. The lowest BCUT2D eigenvalue weighted by Gasteiger charge is -2.26. The molecule has 2 aliphatic heterocycles. The first-order valence-electron chi connectivity index (χ1n) is 7.90. The maximum absolute atomic E-state index is 12.6. The van der Waals surface area contributed by atoms with E-state index in [2.05, 4.69) is 0 Å². The van der Waals surface area contributed by atoms with Gasteiger partial charge in [-0.3, -0.25) is 9.59 Å². The van der Waals surface area contributed by atoms with Crippen LogP contribution >= 0.6 is 0 Å². The van der Waals surface area contributed by atoms with Gasteiger partial charge in [0.05, 0.1) is 5.92 Å². The van der Waals surface area contributed by atoms with Crippen LogP contribution < -0.4 is 0 Å². The average Bonchev–Trinajstić information content (AvgIpc) is 3.17. The van der Waals surface area contributed by atoms with Gasteiger partial charge in [-0.1, -0.05) is 12.8 Å². The Hall–Kier alpha value is -1.59. The van der Waals surface area contributed by atoms with Crippen LogP contribution in [0, 0.1) is 5.92 Å². The number of carbonyl (C=O) groups is 3.